The van der Waals surface area contributed by atoms with E-state index in [1.165, 1.54) is 18.3 Å². The predicted octanol–water partition coefficient (Wildman–Crippen LogP) is 3.07. The van der Waals surface area contributed by atoms with Gasteiger partial charge in [-0.2, -0.15) is 0 Å². The van der Waals surface area contributed by atoms with Crippen molar-refractivity contribution in [2.24, 2.45) is 0 Å². The Morgan fingerprint density at radius 1 is 1.27 bits per heavy atom. The molecular formula is C16H15F2IN2O4S. The fourth-order valence-corrected chi connectivity index (χ4v) is 4.60. The predicted molar refractivity (Wildman–Crippen MR) is 101 cm³/mol. The number of benzene rings is 1. The Kier molecular flexibility index (Phi) is 6.87. The smallest absolute Gasteiger partial charge is 0.341 e. The van der Waals surface area contributed by atoms with Crippen molar-refractivity contribution in [3.63, 3.8) is 0 Å². The van der Waals surface area contributed by atoms with Gasteiger partial charge in [0.1, 0.15) is 5.56 Å². The number of pyridine rings is 1. The lowest BCUT2D eigenvalue weighted by atomic mass is 10.2. The van der Waals surface area contributed by atoms with Gasteiger partial charge >= 0.3 is 5.97 Å². The van der Waals surface area contributed by atoms with Gasteiger partial charge in [-0.05, 0) is 46.4 Å². The summed E-state index contributed by atoms with van der Waals surface area (Å²) in [6.45, 7) is -1.12. The Hall–Kier alpha value is -1.82. The first kappa shape index (κ1) is 20.5. The maximum absolute atomic E-state index is 13.1. The highest BCUT2D eigenvalue weighted by Gasteiger charge is 2.31. The first-order valence-electron chi connectivity index (χ1n) is 7.31. The molecule has 26 heavy (non-hydrogen) atoms. The average Bonchev–Trinajstić information content (AvgIpc) is 2.60. The van der Waals surface area contributed by atoms with E-state index in [1.54, 1.807) is 24.3 Å². The summed E-state index contributed by atoms with van der Waals surface area (Å²) in [5.41, 5.74) is 0.255. The van der Waals surface area contributed by atoms with Crippen molar-refractivity contribution in [3.8, 4) is 0 Å². The molecule has 0 unspecified atom stereocenters. The van der Waals surface area contributed by atoms with E-state index in [0.29, 0.717) is 13.4 Å². The number of rotatable bonds is 7. The lowest BCUT2D eigenvalue weighted by Crippen LogP contribution is -2.38. The number of nitrogens with zero attached hydrogens (tertiary/aromatic N) is 2. The van der Waals surface area contributed by atoms with Gasteiger partial charge in [-0.15, -0.1) is 0 Å². The molecule has 0 amide bonds. The van der Waals surface area contributed by atoms with E-state index < -0.39 is 34.7 Å². The Bertz CT molecular complexity index is 893. The van der Waals surface area contributed by atoms with Gasteiger partial charge in [-0.1, -0.05) is 18.2 Å². The van der Waals surface area contributed by atoms with Crippen LogP contribution >= 0.6 is 22.6 Å². The van der Waals surface area contributed by atoms with Gasteiger partial charge < -0.3 is 4.74 Å². The second kappa shape index (κ2) is 8.71. The molecule has 0 atom stereocenters. The maximum Gasteiger partial charge on any atom is 0.341 e. The topological polar surface area (TPSA) is 76.6 Å². The second-order valence-electron chi connectivity index (χ2n) is 5.14. The molecule has 0 saturated heterocycles. The van der Waals surface area contributed by atoms with Crippen molar-refractivity contribution in [2.75, 3.05) is 18.0 Å². The van der Waals surface area contributed by atoms with Gasteiger partial charge in [0.25, 0.3) is 6.43 Å². The summed E-state index contributed by atoms with van der Waals surface area (Å²) in [5.74, 6) is -1.75. The molecule has 140 valence electrons. The summed E-state index contributed by atoms with van der Waals surface area (Å²) in [5, 5.41) is 0. The van der Waals surface area contributed by atoms with Crippen LogP contribution in [-0.4, -0.2) is 39.5 Å². The lowest BCUT2D eigenvalue weighted by Gasteiger charge is -2.24. The zero-order chi connectivity index (χ0) is 19.3. The van der Waals surface area contributed by atoms with Crippen LogP contribution in [0.3, 0.4) is 0 Å². The lowest BCUT2D eigenvalue weighted by molar-refractivity contribution is 0.0601. The molecule has 0 radical (unpaired) electrons. The van der Waals surface area contributed by atoms with Gasteiger partial charge in [0.2, 0.25) is 10.0 Å². The highest BCUT2D eigenvalue weighted by atomic mass is 127. The highest BCUT2D eigenvalue weighted by Crippen LogP contribution is 2.25. The van der Waals surface area contributed by atoms with Gasteiger partial charge in [0.05, 0.1) is 19.4 Å². The minimum atomic E-state index is -4.23. The number of aromatic nitrogens is 1. The molecule has 1 aromatic heterocycles. The molecule has 1 aromatic carbocycles. The Labute approximate surface area is 163 Å². The Morgan fingerprint density at radius 3 is 2.58 bits per heavy atom. The summed E-state index contributed by atoms with van der Waals surface area (Å²) >= 11 is 1.97. The van der Waals surface area contributed by atoms with Crippen LogP contribution in [0, 0.1) is 3.57 Å². The van der Waals surface area contributed by atoms with Crippen LogP contribution in [-0.2, 0) is 20.5 Å². The molecule has 0 saturated carbocycles. The summed E-state index contributed by atoms with van der Waals surface area (Å²) in [6.07, 6.45) is -1.73. The van der Waals surface area contributed by atoms with Gasteiger partial charge in [0.15, 0.2) is 5.82 Å². The van der Waals surface area contributed by atoms with Crippen LogP contribution in [0.15, 0.2) is 42.6 Å². The molecule has 0 aliphatic heterocycles. The highest BCUT2D eigenvalue weighted by molar-refractivity contribution is 14.1. The molecule has 0 aliphatic rings. The fourth-order valence-electron chi connectivity index (χ4n) is 2.21. The van der Waals surface area contributed by atoms with Crippen LogP contribution in [0.4, 0.5) is 14.6 Å². The van der Waals surface area contributed by atoms with E-state index in [2.05, 4.69) is 9.72 Å². The molecule has 6 nitrogen and oxygen atoms in total. The van der Waals surface area contributed by atoms with E-state index >= 15 is 0 Å². The van der Waals surface area contributed by atoms with E-state index in [0.717, 1.165) is 7.11 Å². The average molecular weight is 496 g/mol. The van der Waals surface area contributed by atoms with Crippen molar-refractivity contribution in [2.45, 2.75) is 12.2 Å². The van der Waals surface area contributed by atoms with Crippen LogP contribution in [0.25, 0.3) is 0 Å². The van der Waals surface area contributed by atoms with Gasteiger partial charge in [0, 0.05) is 9.77 Å². The minimum absolute atomic E-state index is 0.206. The van der Waals surface area contributed by atoms with E-state index in [9.17, 15) is 22.0 Å². The number of hydrogen-bond acceptors (Lipinski definition) is 5. The molecule has 2 rings (SSSR count). The standard InChI is InChI=1S/C16H15F2IN2O4S/c1-25-16(22)12-6-4-8-20-15(12)21(9-14(17)18)26(23,24)10-11-5-2-3-7-13(11)19/h2-8,14H,9-10H2,1H3. The van der Waals surface area contributed by atoms with Crippen molar-refractivity contribution < 1.29 is 26.7 Å². The van der Waals surface area contributed by atoms with Crippen LogP contribution < -0.4 is 4.31 Å². The summed E-state index contributed by atoms with van der Waals surface area (Å²) in [6, 6.07) is 9.37. The number of ether oxygens (including phenoxy) is 1. The zero-order valence-corrected chi connectivity index (χ0v) is 16.6. The SMILES string of the molecule is COC(=O)c1cccnc1N(CC(F)F)S(=O)(=O)Cc1ccccc1I. The number of halogens is 3. The largest absolute Gasteiger partial charge is 0.465 e. The third kappa shape index (κ3) is 4.87. The zero-order valence-electron chi connectivity index (χ0n) is 13.6. The van der Waals surface area contributed by atoms with Crippen LogP contribution in [0.1, 0.15) is 15.9 Å². The molecule has 1 heterocycles. The quantitative estimate of drug-likeness (QED) is 0.435. The number of sulfonamides is 1. The first-order chi connectivity index (χ1) is 12.3. The minimum Gasteiger partial charge on any atom is -0.465 e. The first-order valence-corrected chi connectivity index (χ1v) is 10.0. The van der Waals surface area contributed by atoms with Crippen molar-refractivity contribution in [1.82, 2.24) is 4.98 Å². The maximum atomic E-state index is 13.1. The van der Waals surface area contributed by atoms with Gasteiger partial charge in [-0.3, -0.25) is 0 Å². The molecule has 0 fully saturated rings. The molecule has 0 bridgehead atoms. The third-order valence-corrected chi connectivity index (χ3v) is 6.09. The third-order valence-electron chi connectivity index (χ3n) is 3.36. The molecule has 0 spiro atoms. The number of anilines is 1. The molecule has 10 heteroatoms. The molecular weight excluding hydrogens is 481 g/mol. The van der Waals surface area contributed by atoms with E-state index in [4.69, 9.17) is 0 Å². The van der Waals surface area contributed by atoms with E-state index in [-0.39, 0.29) is 11.4 Å². The molecule has 0 N–H and O–H groups in total. The second-order valence-corrected chi connectivity index (χ2v) is 8.19. The number of methoxy groups -OCH3 is 1. The van der Waals surface area contributed by atoms with Crippen LogP contribution in [0.5, 0.6) is 0 Å². The summed E-state index contributed by atoms with van der Waals surface area (Å²) in [7, 11) is -3.12. The number of alkyl halides is 2. The number of hydrogen-bond donors (Lipinski definition) is 0. The van der Waals surface area contributed by atoms with Crippen molar-refractivity contribution in [1.29, 1.82) is 0 Å². The number of carbonyl (C=O) groups is 1. The monoisotopic (exact) mass is 496 g/mol. The summed E-state index contributed by atoms with van der Waals surface area (Å²) < 4.78 is 57.6. The summed E-state index contributed by atoms with van der Waals surface area (Å²) in [4.78, 5) is 15.7. The molecule has 0 aliphatic carbocycles. The van der Waals surface area contributed by atoms with Crippen molar-refractivity contribution in [3.05, 3.63) is 57.3 Å². The Balaban J connectivity index is 2.51. The van der Waals surface area contributed by atoms with Crippen molar-refractivity contribution >= 4 is 44.4 Å². The van der Waals surface area contributed by atoms with Gasteiger partial charge in [-0.25, -0.2) is 31.3 Å². The Morgan fingerprint density at radius 2 is 1.96 bits per heavy atom. The van der Waals surface area contributed by atoms with Crippen LogP contribution in [0.2, 0.25) is 0 Å². The molecule has 2 aromatic rings. The normalized spacial score (nSPS) is 11.4. The number of carbonyl (C=O) groups excluding carboxylic acids is 1. The fraction of sp³-hybridized carbons (Fsp3) is 0.250. The number of esters is 1. The van der Waals surface area contributed by atoms with E-state index in [1.807, 2.05) is 22.6 Å².